The molecule has 0 aromatic heterocycles. The number of unbranched alkanes of at least 4 members (excludes halogenated alkanes) is 3. The molecule has 0 unspecified atom stereocenters. The van der Waals surface area contributed by atoms with E-state index >= 15 is 0 Å². The van der Waals surface area contributed by atoms with E-state index in [2.05, 4.69) is 23.9 Å². The van der Waals surface area contributed by atoms with Gasteiger partial charge < -0.3 is 5.32 Å². The molecule has 0 aliphatic carbocycles. The van der Waals surface area contributed by atoms with Crippen LogP contribution in [0.25, 0.3) is 0 Å². The fourth-order valence-corrected chi connectivity index (χ4v) is 2.89. The van der Waals surface area contributed by atoms with Crippen LogP contribution in [0, 0.1) is 5.92 Å². The minimum absolute atomic E-state index is 0.223. The molecule has 0 atom stereocenters. The molecule has 0 aromatic rings. The monoisotopic (exact) mass is 278 g/mol. The van der Waals surface area contributed by atoms with Crippen LogP contribution >= 0.6 is 0 Å². The molecule has 0 bridgehead atoms. The maximum Gasteiger partial charge on any atom is 0.211 e. The van der Waals surface area contributed by atoms with Crippen LogP contribution in [0.4, 0.5) is 0 Å². The lowest BCUT2D eigenvalue weighted by Crippen LogP contribution is -2.28. The van der Waals surface area contributed by atoms with Gasteiger partial charge in [-0.25, -0.2) is 13.1 Å². The summed E-state index contributed by atoms with van der Waals surface area (Å²) in [5.41, 5.74) is 0. The van der Waals surface area contributed by atoms with Crippen molar-refractivity contribution in [3.8, 4) is 0 Å². The predicted octanol–water partition coefficient (Wildman–Crippen LogP) is 2.12. The lowest BCUT2D eigenvalue weighted by atomic mass is 10.0. The van der Waals surface area contributed by atoms with Gasteiger partial charge in [0.05, 0.1) is 5.75 Å². The molecule has 0 aliphatic heterocycles. The second-order valence-corrected chi connectivity index (χ2v) is 7.19. The molecule has 18 heavy (non-hydrogen) atoms. The van der Waals surface area contributed by atoms with Gasteiger partial charge in [0.15, 0.2) is 0 Å². The van der Waals surface area contributed by atoms with E-state index in [-0.39, 0.29) is 5.75 Å². The van der Waals surface area contributed by atoms with Gasteiger partial charge in [0, 0.05) is 6.54 Å². The highest BCUT2D eigenvalue weighted by atomic mass is 32.2. The maximum atomic E-state index is 11.5. The fourth-order valence-electron chi connectivity index (χ4n) is 1.77. The Hall–Kier alpha value is -0.130. The van der Waals surface area contributed by atoms with Crippen LogP contribution in [0.2, 0.25) is 0 Å². The molecule has 0 amide bonds. The molecule has 110 valence electrons. The standard InChI is InChI=1S/C13H30N2O2S/c1-13(2)9-6-4-5-7-11-15-18(16,17)12-8-10-14-3/h13-15H,4-12H2,1-3H3. The largest absolute Gasteiger partial charge is 0.320 e. The summed E-state index contributed by atoms with van der Waals surface area (Å²) in [6, 6.07) is 0. The molecule has 0 saturated heterocycles. The molecule has 5 heteroatoms. The van der Waals surface area contributed by atoms with Gasteiger partial charge in [-0.3, -0.25) is 0 Å². The van der Waals surface area contributed by atoms with Gasteiger partial charge in [-0.15, -0.1) is 0 Å². The third-order valence-electron chi connectivity index (χ3n) is 2.87. The van der Waals surface area contributed by atoms with Crippen molar-refractivity contribution in [3.63, 3.8) is 0 Å². The van der Waals surface area contributed by atoms with Gasteiger partial charge in [-0.1, -0.05) is 39.5 Å². The van der Waals surface area contributed by atoms with Crippen LogP contribution in [0.5, 0.6) is 0 Å². The predicted molar refractivity (Wildman–Crippen MR) is 78.3 cm³/mol. The second-order valence-electron chi connectivity index (χ2n) is 5.27. The Morgan fingerprint density at radius 3 is 2.22 bits per heavy atom. The summed E-state index contributed by atoms with van der Waals surface area (Å²) in [4.78, 5) is 0. The van der Waals surface area contributed by atoms with Gasteiger partial charge in [0.1, 0.15) is 0 Å². The van der Waals surface area contributed by atoms with Crippen molar-refractivity contribution < 1.29 is 8.42 Å². The van der Waals surface area contributed by atoms with Crippen LogP contribution in [0.1, 0.15) is 52.4 Å². The molecule has 0 rings (SSSR count). The molecule has 4 nitrogen and oxygen atoms in total. The molecule has 0 radical (unpaired) electrons. The average Bonchev–Trinajstić information content (AvgIpc) is 2.27. The van der Waals surface area contributed by atoms with Crippen molar-refractivity contribution in [2.45, 2.75) is 52.4 Å². The van der Waals surface area contributed by atoms with Gasteiger partial charge in [0.2, 0.25) is 10.0 Å². The van der Waals surface area contributed by atoms with Crippen molar-refractivity contribution >= 4 is 10.0 Å². The van der Waals surface area contributed by atoms with E-state index in [1.54, 1.807) is 0 Å². The van der Waals surface area contributed by atoms with Crippen molar-refractivity contribution in [1.29, 1.82) is 0 Å². The van der Waals surface area contributed by atoms with E-state index in [0.717, 1.165) is 25.3 Å². The van der Waals surface area contributed by atoms with E-state index in [1.165, 1.54) is 19.3 Å². The Balaban J connectivity index is 3.41. The zero-order valence-corrected chi connectivity index (χ0v) is 13.0. The van der Waals surface area contributed by atoms with Crippen LogP contribution in [0.15, 0.2) is 0 Å². The van der Waals surface area contributed by atoms with Crippen molar-refractivity contribution in [1.82, 2.24) is 10.0 Å². The highest BCUT2D eigenvalue weighted by molar-refractivity contribution is 7.89. The van der Waals surface area contributed by atoms with E-state index in [9.17, 15) is 8.42 Å². The van der Waals surface area contributed by atoms with E-state index in [1.807, 2.05) is 7.05 Å². The van der Waals surface area contributed by atoms with Crippen molar-refractivity contribution in [3.05, 3.63) is 0 Å². The van der Waals surface area contributed by atoms with Crippen LogP contribution in [-0.4, -0.2) is 34.3 Å². The molecule has 2 N–H and O–H groups in total. The van der Waals surface area contributed by atoms with Gasteiger partial charge in [-0.05, 0) is 32.4 Å². The molecule has 0 fully saturated rings. The fraction of sp³-hybridized carbons (Fsp3) is 1.00. The quantitative estimate of drug-likeness (QED) is 0.538. The second kappa shape index (κ2) is 10.8. The minimum Gasteiger partial charge on any atom is -0.320 e. The third-order valence-corrected chi connectivity index (χ3v) is 4.34. The normalized spacial score (nSPS) is 12.2. The summed E-state index contributed by atoms with van der Waals surface area (Å²) in [5, 5.41) is 2.95. The van der Waals surface area contributed by atoms with Crippen LogP contribution < -0.4 is 10.0 Å². The summed E-state index contributed by atoms with van der Waals surface area (Å²) in [6.07, 6.45) is 6.47. The first-order valence-corrected chi connectivity index (χ1v) is 8.75. The molecule has 0 aliphatic rings. The van der Waals surface area contributed by atoms with E-state index < -0.39 is 10.0 Å². The summed E-state index contributed by atoms with van der Waals surface area (Å²) >= 11 is 0. The van der Waals surface area contributed by atoms with Gasteiger partial charge in [-0.2, -0.15) is 0 Å². The molecular weight excluding hydrogens is 248 g/mol. The van der Waals surface area contributed by atoms with E-state index in [0.29, 0.717) is 13.0 Å². The summed E-state index contributed by atoms with van der Waals surface area (Å²) in [5.74, 6) is 0.997. The molecular formula is C13H30N2O2S. The lowest BCUT2D eigenvalue weighted by molar-refractivity contribution is 0.517. The number of rotatable bonds is 12. The topological polar surface area (TPSA) is 58.2 Å². The SMILES string of the molecule is CNCCCS(=O)(=O)NCCCCCCC(C)C. The Morgan fingerprint density at radius 2 is 1.61 bits per heavy atom. The molecule has 0 aromatic carbocycles. The Labute approximate surface area is 113 Å². The average molecular weight is 278 g/mol. The first-order chi connectivity index (χ1) is 8.48. The number of hydrogen-bond acceptors (Lipinski definition) is 3. The van der Waals surface area contributed by atoms with Gasteiger partial charge in [0.25, 0.3) is 0 Å². The third kappa shape index (κ3) is 12.3. The van der Waals surface area contributed by atoms with Crippen molar-refractivity contribution in [2.24, 2.45) is 5.92 Å². The Bertz CT molecular complexity index is 277. The molecule has 0 heterocycles. The summed E-state index contributed by atoms with van der Waals surface area (Å²) in [6.45, 7) is 5.80. The molecule has 0 saturated carbocycles. The zero-order chi connectivity index (χ0) is 13.9. The Morgan fingerprint density at radius 1 is 0.944 bits per heavy atom. The Kier molecular flexibility index (Phi) is 10.7. The van der Waals surface area contributed by atoms with Crippen molar-refractivity contribution in [2.75, 3.05) is 25.9 Å². The highest BCUT2D eigenvalue weighted by Gasteiger charge is 2.07. The number of nitrogens with one attached hydrogen (secondary N) is 2. The van der Waals surface area contributed by atoms with Gasteiger partial charge >= 0.3 is 0 Å². The minimum atomic E-state index is -3.05. The summed E-state index contributed by atoms with van der Waals surface area (Å²) in [7, 11) is -1.22. The molecule has 0 spiro atoms. The number of sulfonamides is 1. The zero-order valence-electron chi connectivity index (χ0n) is 12.2. The first kappa shape index (κ1) is 17.9. The highest BCUT2D eigenvalue weighted by Crippen LogP contribution is 2.09. The summed E-state index contributed by atoms with van der Waals surface area (Å²) < 4.78 is 25.8. The smallest absolute Gasteiger partial charge is 0.211 e. The lowest BCUT2D eigenvalue weighted by Gasteiger charge is -2.07. The van der Waals surface area contributed by atoms with Crippen LogP contribution in [-0.2, 0) is 10.0 Å². The van der Waals surface area contributed by atoms with E-state index in [4.69, 9.17) is 0 Å². The number of hydrogen-bond donors (Lipinski definition) is 2. The maximum absolute atomic E-state index is 11.5. The van der Waals surface area contributed by atoms with Crippen LogP contribution in [0.3, 0.4) is 0 Å². The first-order valence-electron chi connectivity index (χ1n) is 7.10.